The first kappa shape index (κ1) is 16.0. The number of rotatable bonds is 2. The second kappa shape index (κ2) is 5.64. The van der Waals surface area contributed by atoms with Crippen molar-refractivity contribution in [3.8, 4) is 11.1 Å². The number of guanidine groups is 1. The van der Waals surface area contributed by atoms with Crippen molar-refractivity contribution in [1.82, 2.24) is 20.2 Å². The fraction of sp³-hybridized carbons (Fsp3) is 0.250. The molecule has 0 unspecified atom stereocenters. The molecule has 7 nitrogen and oxygen atoms in total. The number of nitrogens with one attached hydrogen (secondary N) is 2. The van der Waals surface area contributed by atoms with Gasteiger partial charge in [0.15, 0.2) is 12.1 Å². The molecule has 3 N–H and O–H groups in total. The van der Waals surface area contributed by atoms with Gasteiger partial charge in [0.05, 0.1) is 5.54 Å². The van der Waals surface area contributed by atoms with Gasteiger partial charge in [-0.2, -0.15) is 4.39 Å². The summed E-state index contributed by atoms with van der Waals surface area (Å²) in [6, 6.07) is 4.79. The highest BCUT2D eigenvalue weighted by Gasteiger charge is 2.47. The Balaban J connectivity index is 2.07. The molecule has 0 spiro atoms. The van der Waals surface area contributed by atoms with Crippen molar-refractivity contribution in [2.24, 2.45) is 0 Å². The Bertz CT molecular complexity index is 828. The van der Waals surface area contributed by atoms with E-state index in [1.165, 1.54) is 25.6 Å². The Labute approximate surface area is 137 Å². The van der Waals surface area contributed by atoms with E-state index in [1.54, 1.807) is 25.1 Å². The van der Waals surface area contributed by atoms with E-state index in [2.05, 4.69) is 15.3 Å². The summed E-state index contributed by atoms with van der Waals surface area (Å²) in [5, 5.41) is 21.1. The fourth-order valence-corrected chi connectivity index (χ4v) is 2.64. The molecule has 2 aromatic heterocycles. The number of aliphatic hydroxyl groups is 1. The van der Waals surface area contributed by atoms with Gasteiger partial charge in [0, 0.05) is 36.8 Å². The van der Waals surface area contributed by atoms with Crippen LogP contribution >= 0.6 is 0 Å². The predicted octanol–water partition coefficient (Wildman–Crippen LogP) is 0.855. The summed E-state index contributed by atoms with van der Waals surface area (Å²) in [4.78, 5) is 20.9. The Morgan fingerprint density at radius 1 is 1.46 bits per heavy atom. The lowest BCUT2D eigenvalue weighted by Crippen LogP contribution is -2.66. The molecule has 1 aliphatic rings. The zero-order chi connectivity index (χ0) is 17.5. The Kier molecular flexibility index (Phi) is 3.76. The third kappa shape index (κ3) is 2.41. The molecule has 0 aliphatic carbocycles. The van der Waals surface area contributed by atoms with E-state index in [1.807, 2.05) is 0 Å². The summed E-state index contributed by atoms with van der Waals surface area (Å²) in [6.45, 7) is 1.59. The Morgan fingerprint density at radius 3 is 2.92 bits per heavy atom. The first-order valence-corrected chi connectivity index (χ1v) is 7.23. The maximum atomic E-state index is 13.9. The van der Waals surface area contributed by atoms with Crippen molar-refractivity contribution in [2.75, 3.05) is 7.05 Å². The molecule has 8 heteroatoms. The molecule has 2 atom stereocenters. The second-order valence-electron chi connectivity index (χ2n) is 5.78. The molecule has 0 aromatic carbocycles. The average molecular weight is 329 g/mol. The number of aliphatic hydroxyl groups excluding tert-OH is 1. The summed E-state index contributed by atoms with van der Waals surface area (Å²) < 4.78 is 13.9. The van der Waals surface area contributed by atoms with Gasteiger partial charge in [-0.25, -0.2) is 4.98 Å². The van der Waals surface area contributed by atoms with Gasteiger partial charge in [-0.05, 0) is 30.7 Å². The van der Waals surface area contributed by atoms with Crippen molar-refractivity contribution >= 4 is 11.9 Å². The van der Waals surface area contributed by atoms with Crippen LogP contribution in [0.3, 0.4) is 0 Å². The van der Waals surface area contributed by atoms with E-state index in [4.69, 9.17) is 5.41 Å². The summed E-state index contributed by atoms with van der Waals surface area (Å²) in [5.74, 6) is -1.37. The number of carbonyl (C=O) groups excluding carboxylic acids is 1. The lowest BCUT2D eigenvalue weighted by atomic mass is 9.84. The Hall–Kier alpha value is -2.87. The topological polar surface area (TPSA) is 102 Å². The molecule has 0 bridgehead atoms. The standard InChI is InChI=1S/C16H16FN5O2/c1-16(12(23)14(24)22(2)15(18)21-16)10-6-9(7-19-8-10)11-4-3-5-20-13(11)17/h3-8,12,23H,1-2H3,(H2,18,21)/t12-,16+/m0/s1. The molecule has 1 aliphatic heterocycles. The van der Waals surface area contributed by atoms with Crippen LogP contribution in [-0.4, -0.2) is 45.0 Å². The van der Waals surface area contributed by atoms with Gasteiger partial charge in [0.25, 0.3) is 5.91 Å². The highest BCUT2D eigenvalue weighted by molar-refractivity contribution is 6.01. The predicted molar refractivity (Wildman–Crippen MR) is 84.4 cm³/mol. The molecule has 0 radical (unpaired) electrons. The maximum absolute atomic E-state index is 13.9. The molecule has 0 saturated carbocycles. The summed E-state index contributed by atoms with van der Waals surface area (Å²) >= 11 is 0. The second-order valence-corrected chi connectivity index (χ2v) is 5.78. The molecule has 1 amide bonds. The minimum Gasteiger partial charge on any atom is -0.380 e. The number of hydrogen-bond acceptors (Lipinski definition) is 5. The molecular weight excluding hydrogens is 313 g/mol. The zero-order valence-electron chi connectivity index (χ0n) is 13.1. The number of hydrogen-bond donors (Lipinski definition) is 3. The monoisotopic (exact) mass is 329 g/mol. The van der Waals surface area contributed by atoms with Gasteiger partial charge in [-0.3, -0.25) is 20.1 Å². The normalized spacial score (nSPS) is 24.0. The minimum absolute atomic E-state index is 0.134. The fourth-order valence-electron chi connectivity index (χ4n) is 2.64. The van der Waals surface area contributed by atoms with E-state index in [9.17, 15) is 14.3 Å². The first-order valence-electron chi connectivity index (χ1n) is 7.23. The quantitative estimate of drug-likeness (QED) is 0.709. The van der Waals surface area contributed by atoms with Crippen molar-refractivity contribution in [3.63, 3.8) is 0 Å². The molecule has 3 heterocycles. The number of amides is 1. The molecule has 3 rings (SSSR count). The molecule has 124 valence electrons. The van der Waals surface area contributed by atoms with Crippen molar-refractivity contribution in [3.05, 3.63) is 48.3 Å². The average Bonchev–Trinajstić information content (AvgIpc) is 2.59. The van der Waals surface area contributed by atoms with E-state index in [0.29, 0.717) is 11.1 Å². The van der Waals surface area contributed by atoms with Crippen LogP contribution in [0.2, 0.25) is 0 Å². The summed E-state index contributed by atoms with van der Waals surface area (Å²) in [6.07, 6.45) is 2.88. The largest absolute Gasteiger partial charge is 0.380 e. The maximum Gasteiger partial charge on any atom is 0.260 e. The van der Waals surface area contributed by atoms with Gasteiger partial charge in [0.1, 0.15) is 0 Å². The smallest absolute Gasteiger partial charge is 0.260 e. The van der Waals surface area contributed by atoms with Crippen molar-refractivity contribution in [1.29, 1.82) is 5.41 Å². The minimum atomic E-state index is -1.41. The van der Waals surface area contributed by atoms with Gasteiger partial charge >= 0.3 is 0 Å². The third-order valence-corrected chi connectivity index (χ3v) is 4.23. The van der Waals surface area contributed by atoms with Gasteiger partial charge in [-0.1, -0.05) is 0 Å². The third-order valence-electron chi connectivity index (χ3n) is 4.23. The molecule has 1 fully saturated rings. The molecular formula is C16H16FN5O2. The number of aromatic nitrogens is 2. The van der Waals surface area contributed by atoms with E-state index in [-0.39, 0.29) is 11.5 Å². The molecule has 2 aromatic rings. The van der Waals surface area contributed by atoms with Crippen LogP contribution in [0.1, 0.15) is 12.5 Å². The lowest BCUT2D eigenvalue weighted by Gasteiger charge is -2.43. The van der Waals surface area contributed by atoms with Crippen molar-refractivity contribution in [2.45, 2.75) is 18.6 Å². The van der Waals surface area contributed by atoms with E-state index in [0.717, 1.165) is 4.90 Å². The van der Waals surface area contributed by atoms with Crippen LogP contribution in [0.25, 0.3) is 11.1 Å². The highest BCUT2D eigenvalue weighted by atomic mass is 19.1. The first-order chi connectivity index (χ1) is 11.3. The molecule has 1 saturated heterocycles. The number of likely N-dealkylation sites (N-methyl/N-ethyl adjacent to an activating group) is 1. The van der Waals surface area contributed by atoms with Crippen LogP contribution in [0.4, 0.5) is 4.39 Å². The number of pyridine rings is 2. The highest BCUT2D eigenvalue weighted by Crippen LogP contribution is 2.31. The number of carbonyl (C=O) groups is 1. The van der Waals surface area contributed by atoms with Crippen LogP contribution in [0.15, 0.2) is 36.8 Å². The zero-order valence-corrected chi connectivity index (χ0v) is 13.1. The Morgan fingerprint density at radius 2 is 2.21 bits per heavy atom. The SMILES string of the molecule is CN1C(=N)N[C@](C)(c2cncc(-c3cccnc3F)c2)[C@@H](O)C1=O. The number of nitrogens with zero attached hydrogens (tertiary/aromatic N) is 3. The van der Waals surface area contributed by atoms with Crippen LogP contribution in [0.5, 0.6) is 0 Å². The van der Waals surface area contributed by atoms with Gasteiger partial charge in [0.2, 0.25) is 5.95 Å². The summed E-state index contributed by atoms with van der Waals surface area (Å²) in [7, 11) is 1.40. The summed E-state index contributed by atoms with van der Waals surface area (Å²) in [5.41, 5.74) is -0.0602. The van der Waals surface area contributed by atoms with E-state index < -0.39 is 23.5 Å². The molecule has 24 heavy (non-hydrogen) atoms. The van der Waals surface area contributed by atoms with Crippen LogP contribution < -0.4 is 5.32 Å². The van der Waals surface area contributed by atoms with Gasteiger partial charge < -0.3 is 10.4 Å². The number of halogens is 1. The van der Waals surface area contributed by atoms with E-state index >= 15 is 0 Å². The van der Waals surface area contributed by atoms with Crippen LogP contribution in [0, 0.1) is 11.4 Å². The van der Waals surface area contributed by atoms with Crippen molar-refractivity contribution < 1.29 is 14.3 Å². The van der Waals surface area contributed by atoms with Gasteiger partial charge in [-0.15, -0.1) is 0 Å². The van der Waals surface area contributed by atoms with Crippen LogP contribution in [-0.2, 0) is 10.3 Å². The lowest BCUT2D eigenvalue weighted by molar-refractivity contribution is -0.142.